The van der Waals surface area contributed by atoms with Crippen LogP contribution in [0.25, 0.3) is 0 Å². The number of nitrogens with one attached hydrogen (secondary N) is 1. The van der Waals surface area contributed by atoms with Crippen molar-refractivity contribution in [1.29, 1.82) is 0 Å². The quantitative estimate of drug-likeness (QED) is 0.797. The Kier molecular flexibility index (Phi) is 3.26. The van der Waals surface area contributed by atoms with Gasteiger partial charge >= 0.3 is 5.97 Å². The van der Waals surface area contributed by atoms with Crippen molar-refractivity contribution in [2.75, 3.05) is 0 Å². The van der Waals surface area contributed by atoms with Gasteiger partial charge in [0.2, 0.25) is 0 Å². The van der Waals surface area contributed by atoms with Crippen LogP contribution in [0.1, 0.15) is 15.9 Å². The predicted molar refractivity (Wildman–Crippen MR) is 61.6 cm³/mol. The molecule has 0 amide bonds. The highest BCUT2D eigenvalue weighted by atomic mass is 32.2. The monoisotopic (exact) mass is 234 g/mol. The molecule has 2 aromatic rings. The maximum Gasteiger partial charge on any atom is 0.335 e. The van der Waals surface area contributed by atoms with Gasteiger partial charge in [-0.15, -0.1) is 0 Å². The summed E-state index contributed by atoms with van der Waals surface area (Å²) in [4.78, 5) is 18.0. The Balaban J connectivity index is 2.12. The van der Waals surface area contributed by atoms with E-state index in [1.807, 2.05) is 12.1 Å². The highest BCUT2D eigenvalue weighted by molar-refractivity contribution is 7.98. The Labute approximate surface area is 96.7 Å². The molecule has 16 heavy (non-hydrogen) atoms. The first-order valence-electron chi connectivity index (χ1n) is 4.71. The van der Waals surface area contributed by atoms with Gasteiger partial charge in [0.1, 0.15) is 0 Å². The van der Waals surface area contributed by atoms with Crippen molar-refractivity contribution in [3.63, 3.8) is 0 Å². The van der Waals surface area contributed by atoms with Gasteiger partial charge in [-0.05, 0) is 11.6 Å². The molecule has 0 atom stereocenters. The van der Waals surface area contributed by atoms with E-state index in [0.717, 1.165) is 10.7 Å². The normalized spacial score (nSPS) is 10.2. The van der Waals surface area contributed by atoms with E-state index < -0.39 is 5.97 Å². The molecule has 0 unspecified atom stereocenters. The van der Waals surface area contributed by atoms with Crippen molar-refractivity contribution in [3.8, 4) is 0 Å². The Morgan fingerprint density at radius 3 is 2.94 bits per heavy atom. The number of rotatable bonds is 4. The van der Waals surface area contributed by atoms with Crippen LogP contribution in [0.3, 0.4) is 0 Å². The van der Waals surface area contributed by atoms with Gasteiger partial charge in [0.15, 0.2) is 5.16 Å². The van der Waals surface area contributed by atoms with Crippen LogP contribution in [0.15, 0.2) is 41.8 Å². The molecule has 0 spiro atoms. The van der Waals surface area contributed by atoms with E-state index in [2.05, 4.69) is 9.97 Å². The van der Waals surface area contributed by atoms with Crippen molar-refractivity contribution in [2.24, 2.45) is 0 Å². The van der Waals surface area contributed by atoms with Gasteiger partial charge in [-0.25, -0.2) is 9.78 Å². The van der Waals surface area contributed by atoms with Gasteiger partial charge in [-0.2, -0.15) is 0 Å². The fourth-order valence-corrected chi connectivity index (χ4v) is 2.16. The number of nitrogens with zero attached hydrogens (tertiary/aromatic N) is 1. The zero-order valence-corrected chi connectivity index (χ0v) is 9.20. The molecule has 0 bridgehead atoms. The highest BCUT2D eigenvalue weighted by Crippen LogP contribution is 2.21. The van der Waals surface area contributed by atoms with Crippen molar-refractivity contribution in [3.05, 3.63) is 47.8 Å². The predicted octanol–water partition coefficient (Wildman–Crippen LogP) is 2.40. The number of carboxylic acid groups (broad SMARTS) is 1. The number of H-pyrrole nitrogens is 1. The molecule has 0 fully saturated rings. The van der Waals surface area contributed by atoms with Crippen molar-refractivity contribution in [2.45, 2.75) is 10.9 Å². The number of thioether (sulfide) groups is 1. The lowest BCUT2D eigenvalue weighted by molar-refractivity contribution is 0.0696. The number of benzene rings is 1. The number of imidazole rings is 1. The van der Waals surface area contributed by atoms with Crippen LogP contribution >= 0.6 is 11.8 Å². The van der Waals surface area contributed by atoms with E-state index in [4.69, 9.17) is 5.11 Å². The molecule has 0 saturated heterocycles. The second-order valence-corrected chi connectivity index (χ2v) is 4.11. The zero-order valence-electron chi connectivity index (χ0n) is 8.38. The second-order valence-electron chi connectivity index (χ2n) is 3.15. The highest BCUT2D eigenvalue weighted by Gasteiger charge is 2.09. The first-order valence-corrected chi connectivity index (χ1v) is 5.69. The molecule has 5 heteroatoms. The molecule has 1 aromatic carbocycles. The molecule has 4 nitrogen and oxygen atoms in total. The SMILES string of the molecule is O=C(O)c1ccccc1CSc1ncc[nH]1. The summed E-state index contributed by atoms with van der Waals surface area (Å²) in [5.74, 6) is -0.300. The summed E-state index contributed by atoms with van der Waals surface area (Å²) < 4.78 is 0. The van der Waals surface area contributed by atoms with E-state index >= 15 is 0 Å². The maximum atomic E-state index is 11.0. The third-order valence-electron chi connectivity index (χ3n) is 2.09. The number of aromatic nitrogens is 2. The smallest absolute Gasteiger partial charge is 0.335 e. The third-order valence-corrected chi connectivity index (χ3v) is 3.04. The summed E-state index contributed by atoms with van der Waals surface area (Å²) in [6.45, 7) is 0. The number of hydrogen-bond donors (Lipinski definition) is 2. The lowest BCUT2D eigenvalue weighted by Gasteiger charge is -2.03. The molecule has 0 saturated carbocycles. The van der Waals surface area contributed by atoms with Gasteiger partial charge in [-0.1, -0.05) is 30.0 Å². The van der Waals surface area contributed by atoms with Gasteiger partial charge < -0.3 is 10.1 Å². The Morgan fingerprint density at radius 1 is 1.44 bits per heavy atom. The van der Waals surface area contributed by atoms with E-state index in [1.54, 1.807) is 24.5 Å². The fourth-order valence-electron chi connectivity index (χ4n) is 1.33. The largest absolute Gasteiger partial charge is 0.478 e. The van der Waals surface area contributed by atoms with Gasteiger partial charge in [0, 0.05) is 18.1 Å². The Morgan fingerprint density at radius 2 is 2.25 bits per heavy atom. The number of aromatic amines is 1. The molecular weight excluding hydrogens is 224 g/mol. The first-order chi connectivity index (χ1) is 7.77. The minimum absolute atomic E-state index is 0.349. The van der Waals surface area contributed by atoms with Gasteiger partial charge in [-0.3, -0.25) is 0 Å². The molecule has 82 valence electrons. The summed E-state index contributed by atoms with van der Waals surface area (Å²) in [5.41, 5.74) is 1.15. The van der Waals surface area contributed by atoms with Crippen LogP contribution in [-0.4, -0.2) is 21.0 Å². The maximum absolute atomic E-state index is 11.0. The van der Waals surface area contributed by atoms with Crippen LogP contribution in [-0.2, 0) is 5.75 Å². The molecule has 1 aromatic heterocycles. The topological polar surface area (TPSA) is 66.0 Å². The van der Waals surface area contributed by atoms with E-state index in [-0.39, 0.29) is 0 Å². The first kappa shape index (κ1) is 10.8. The van der Waals surface area contributed by atoms with Crippen molar-refractivity contribution < 1.29 is 9.90 Å². The minimum Gasteiger partial charge on any atom is -0.478 e. The Hall–Kier alpha value is -1.75. The number of aromatic carboxylic acids is 1. The molecule has 1 heterocycles. The number of carbonyl (C=O) groups is 1. The van der Waals surface area contributed by atoms with Gasteiger partial charge in [0.05, 0.1) is 5.56 Å². The van der Waals surface area contributed by atoms with Crippen molar-refractivity contribution >= 4 is 17.7 Å². The van der Waals surface area contributed by atoms with Crippen LogP contribution in [0.5, 0.6) is 0 Å². The van der Waals surface area contributed by atoms with Crippen LogP contribution in [0.4, 0.5) is 0 Å². The van der Waals surface area contributed by atoms with Gasteiger partial charge in [0.25, 0.3) is 0 Å². The average molecular weight is 234 g/mol. The molecule has 0 radical (unpaired) electrons. The van der Waals surface area contributed by atoms with E-state index in [0.29, 0.717) is 11.3 Å². The zero-order chi connectivity index (χ0) is 11.4. The van der Waals surface area contributed by atoms with Crippen LogP contribution < -0.4 is 0 Å². The number of hydrogen-bond acceptors (Lipinski definition) is 3. The standard InChI is InChI=1S/C11H10N2O2S/c14-10(15)9-4-2-1-3-8(9)7-16-11-12-5-6-13-11/h1-6H,7H2,(H,12,13)(H,14,15). The molecular formula is C11H10N2O2S. The van der Waals surface area contributed by atoms with E-state index in [9.17, 15) is 4.79 Å². The second kappa shape index (κ2) is 4.85. The summed E-state index contributed by atoms with van der Waals surface area (Å²) in [6, 6.07) is 6.99. The molecule has 2 rings (SSSR count). The minimum atomic E-state index is -0.893. The van der Waals surface area contributed by atoms with Crippen molar-refractivity contribution in [1.82, 2.24) is 9.97 Å². The summed E-state index contributed by atoms with van der Waals surface area (Å²) in [6.07, 6.45) is 3.41. The third kappa shape index (κ3) is 2.43. The van der Waals surface area contributed by atoms with Crippen LogP contribution in [0, 0.1) is 0 Å². The van der Waals surface area contributed by atoms with E-state index in [1.165, 1.54) is 11.8 Å². The summed E-state index contributed by atoms with van der Waals surface area (Å²) in [5, 5.41) is 9.78. The lowest BCUT2D eigenvalue weighted by Crippen LogP contribution is -2.00. The lowest BCUT2D eigenvalue weighted by atomic mass is 10.1. The average Bonchev–Trinajstić information content (AvgIpc) is 2.79. The van der Waals surface area contributed by atoms with Crippen LogP contribution in [0.2, 0.25) is 0 Å². The fraction of sp³-hybridized carbons (Fsp3) is 0.0909. The molecule has 0 aliphatic heterocycles. The molecule has 0 aliphatic carbocycles. The Bertz CT molecular complexity index is 482. The molecule has 2 N–H and O–H groups in total. The summed E-state index contributed by atoms with van der Waals surface area (Å²) >= 11 is 1.48. The summed E-state index contributed by atoms with van der Waals surface area (Å²) in [7, 11) is 0. The number of carboxylic acids is 1. The molecule has 0 aliphatic rings.